The molecule has 0 radical (unpaired) electrons. The molecule has 2 N–H and O–H groups in total. The Morgan fingerprint density at radius 3 is 2.56 bits per heavy atom. The molecule has 0 atom stereocenters. The van der Waals surface area contributed by atoms with E-state index >= 15 is 0 Å². The van der Waals surface area contributed by atoms with E-state index in [4.69, 9.17) is 21.1 Å². The number of carbonyl (C=O) groups excluding carboxylic acids is 1. The van der Waals surface area contributed by atoms with Crippen LogP contribution in [0.2, 0.25) is 5.02 Å². The number of fused-ring (bicyclic) bond motifs is 1. The van der Waals surface area contributed by atoms with E-state index in [0.29, 0.717) is 57.4 Å². The van der Waals surface area contributed by atoms with E-state index in [9.17, 15) is 9.59 Å². The van der Waals surface area contributed by atoms with Crippen molar-refractivity contribution in [3.8, 4) is 22.6 Å². The van der Waals surface area contributed by atoms with Crippen molar-refractivity contribution in [2.45, 2.75) is 6.54 Å². The van der Waals surface area contributed by atoms with Gasteiger partial charge in [-0.25, -0.2) is 9.97 Å². The normalized spacial score (nSPS) is 11.2. The summed E-state index contributed by atoms with van der Waals surface area (Å²) in [5.41, 5.74) is 2.60. The fourth-order valence-corrected chi connectivity index (χ4v) is 5.07. The summed E-state index contributed by atoms with van der Waals surface area (Å²) in [6.07, 6.45) is 6.67. The van der Waals surface area contributed by atoms with Crippen LogP contribution in [0.15, 0.2) is 96.1 Å². The molecular formula is C34H33ClN6O4. The molecule has 5 aromatic rings. The molecule has 0 saturated carbocycles. The van der Waals surface area contributed by atoms with Crippen molar-refractivity contribution >= 4 is 45.7 Å². The number of anilines is 3. The third-order valence-electron chi connectivity index (χ3n) is 6.93. The van der Waals surface area contributed by atoms with Crippen LogP contribution in [0, 0.1) is 0 Å². The molecule has 2 aromatic carbocycles. The second kappa shape index (κ2) is 14.1. The van der Waals surface area contributed by atoms with Gasteiger partial charge in [-0.15, -0.1) is 0 Å². The summed E-state index contributed by atoms with van der Waals surface area (Å²) in [5.74, 6) is 1.78. The number of halogens is 1. The van der Waals surface area contributed by atoms with E-state index in [0.717, 1.165) is 5.56 Å². The molecule has 45 heavy (non-hydrogen) atoms. The summed E-state index contributed by atoms with van der Waals surface area (Å²) in [4.78, 5) is 37.7. The van der Waals surface area contributed by atoms with Crippen LogP contribution in [-0.2, 0) is 11.3 Å². The number of nitrogens with zero attached hydrogens (tertiary/aromatic N) is 4. The van der Waals surface area contributed by atoms with Gasteiger partial charge in [0.1, 0.15) is 23.1 Å². The van der Waals surface area contributed by atoms with Gasteiger partial charge in [-0.05, 0) is 56.1 Å². The average Bonchev–Trinajstić information content (AvgIpc) is 3.03. The van der Waals surface area contributed by atoms with Crippen LogP contribution in [-0.4, -0.2) is 60.2 Å². The summed E-state index contributed by atoms with van der Waals surface area (Å²) in [5, 5.41) is 7.09. The zero-order chi connectivity index (χ0) is 31.9. The molecule has 3 aromatic heterocycles. The largest absolute Gasteiger partial charge is 0.497 e. The lowest BCUT2D eigenvalue weighted by molar-refractivity contribution is -0.111. The van der Waals surface area contributed by atoms with E-state index in [1.807, 2.05) is 61.5 Å². The van der Waals surface area contributed by atoms with Crippen molar-refractivity contribution < 1.29 is 14.3 Å². The first-order chi connectivity index (χ1) is 21.7. The smallest absolute Gasteiger partial charge is 0.259 e. The van der Waals surface area contributed by atoms with E-state index in [1.54, 1.807) is 47.3 Å². The second-order valence-corrected chi connectivity index (χ2v) is 10.8. The summed E-state index contributed by atoms with van der Waals surface area (Å²) in [6, 6.07) is 19.9. The Morgan fingerprint density at radius 1 is 0.978 bits per heavy atom. The molecule has 0 bridgehead atoms. The predicted octanol–water partition coefficient (Wildman–Crippen LogP) is 5.98. The Balaban J connectivity index is 1.60. The number of ether oxygens (including phenoxy) is 2. The molecule has 0 fully saturated rings. The van der Waals surface area contributed by atoms with Crippen LogP contribution in [0.3, 0.4) is 0 Å². The lowest BCUT2D eigenvalue weighted by Gasteiger charge is -2.17. The van der Waals surface area contributed by atoms with Gasteiger partial charge < -0.3 is 29.6 Å². The van der Waals surface area contributed by atoms with E-state index in [-0.39, 0.29) is 23.0 Å². The van der Waals surface area contributed by atoms with Gasteiger partial charge >= 0.3 is 0 Å². The number of benzene rings is 2. The number of aromatic nitrogens is 3. The van der Waals surface area contributed by atoms with Crippen molar-refractivity contribution in [2.24, 2.45) is 0 Å². The molecular weight excluding hydrogens is 592 g/mol. The van der Waals surface area contributed by atoms with Crippen molar-refractivity contribution in [1.82, 2.24) is 19.4 Å². The number of hydrogen-bond acceptors (Lipinski definition) is 8. The van der Waals surface area contributed by atoms with Crippen LogP contribution >= 0.6 is 11.6 Å². The fourth-order valence-electron chi connectivity index (χ4n) is 4.78. The third kappa shape index (κ3) is 7.49. The summed E-state index contributed by atoms with van der Waals surface area (Å²) < 4.78 is 12.6. The van der Waals surface area contributed by atoms with Gasteiger partial charge in [0.05, 0.1) is 31.3 Å². The van der Waals surface area contributed by atoms with Crippen molar-refractivity contribution in [3.05, 3.63) is 112 Å². The zero-order valence-electron chi connectivity index (χ0n) is 25.4. The third-order valence-corrected chi connectivity index (χ3v) is 7.32. The first kappa shape index (κ1) is 31.2. The van der Waals surface area contributed by atoms with Crippen LogP contribution in [0.25, 0.3) is 22.0 Å². The Kier molecular flexibility index (Phi) is 9.76. The van der Waals surface area contributed by atoms with Gasteiger partial charge in [-0.3, -0.25) is 9.59 Å². The molecule has 0 aliphatic rings. The number of carbonyl (C=O) groups is 1. The minimum absolute atomic E-state index is 0.203. The first-order valence-corrected chi connectivity index (χ1v) is 14.5. The summed E-state index contributed by atoms with van der Waals surface area (Å²) in [7, 11) is 6.90. The quantitative estimate of drug-likeness (QED) is 0.173. The van der Waals surface area contributed by atoms with Crippen LogP contribution in [0.5, 0.6) is 11.5 Å². The van der Waals surface area contributed by atoms with Crippen molar-refractivity contribution in [1.29, 1.82) is 0 Å². The number of amides is 1. The van der Waals surface area contributed by atoms with Crippen LogP contribution < -0.4 is 25.7 Å². The molecule has 11 heteroatoms. The molecule has 10 nitrogen and oxygen atoms in total. The molecule has 0 saturated heterocycles. The van der Waals surface area contributed by atoms with Crippen LogP contribution in [0.4, 0.5) is 17.3 Å². The lowest BCUT2D eigenvalue weighted by Crippen LogP contribution is -2.23. The molecule has 0 spiro atoms. The second-order valence-electron chi connectivity index (χ2n) is 10.5. The summed E-state index contributed by atoms with van der Waals surface area (Å²) in [6.45, 7) is 0.851. The van der Waals surface area contributed by atoms with Crippen molar-refractivity contribution in [3.63, 3.8) is 0 Å². The standard InChI is InChI=1S/C34H33ClN6O4/c1-40(2)14-8-12-32(42)38-24-10-7-9-22(15-24)21-41-28-19-31(39-30-11-5-6-13-36-30)37-20-23(28)16-27(34(41)43)26-17-25(44-3)18-29(45-4)33(26)35/h5-13,15-20H,14,21H2,1-4H3,(H,38,42)(H,36,37,39)/b12-8+. The Morgan fingerprint density at radius 2 is 1.82 bits per heavy atom. The number of likely N-dealkylation sites (N-methyl/N-ethyl adjacent to an activating group) is 1. The molecule has 5 rings (SSSR count). The molecule has 230 valence electrons. The number of methoxy groups -OCH3 is 2. The number of rotatable bonds is 11. The average molecular weight is 625 g/mol. The Labute approximate surface area is 265 Å². The maximum Gasteiger partial charge on any atom is 0.259 e. The van der Waals surface area contributed by atoms with Gasteiger partial charge in [0.25, 0.3) is 5.56 Å². The molecule has 0 aliphatic carbocycles. The zero-order valence-corrected chi connectivity index (χ0v) is 26.1. The monoisotopic (exact) mass is 624 g/mol. The molecule has 0 unspecified atom stereocenters. The van der Waals surface area contributed by atoms with Gasteiger partial charge in [0.2, 0.25) is 5.91 Å². The highest BCUT2D eigenvalue weighted by Crippen LogP contribution is 2.39. The van der Waals surface area contributed by atoms with Gasteiger partial charge in [0, 0.05) is 59.3 Å². The van der Waals surface area contributed by atoms with Crippen molar-refractivity contribution in [2.75, 3.05) is 45.5 Å². The number of nitrogens with one attached hydrogen (secondary N) is 2. The minimum Gasteiger partial charge on any atom is -0.497 e. The molecule has 0 aliphatic heterocycles. The minimum atomic E-state index is -0.282. The SMILES string of the molecule is COc1cc(OC)c(Cl)c(-c2cc3cnc(Nc4ccccn4)cc3n(Cc3cccc(NC(=O)/C=C/CN(C)C)c3)c2=O)c1. The van der Waals surface area contributed by atoms with Gasteiger partial charge in [-0.2, -0.15) is 0 Å². The fraction of sp³-hybridized carbons (Fsp3) is 0.176. The van der Waals surface area contributed by atoms with Gasteiger partial charge in [-0.1, -0.05) is 35.9 Å². The number of pyridine rings is 3. The topological polar surface area (TPSA) is 111 Å². The Bertz CT molecular complexity index is 1920. The maximum atomic E-state index is 14.3. The van der Waals surface area contributed by atoms with E-state index in [2.05, 4.69) is 20.6 Å². The highest BCUT2D eigenvalue weighted by atomic mass is 35.5. The predicted molar refractivity (Wildman–Crippen MR) is 179 cm³/mol. The van der Waals surface area contributed by atoms with E-state index in [1.165, 1.54) is 20.3 Å². The van der Waals surface area contributed by atoms with Gasteiger partial charge in [0.15, 0.2) is 0 Å². The van der Waals surface area contributed by atoms with Crippen LogP contribution in [0.1, 0.15) is 5.56 Å². The molecule has 3 heterocycles. The maximum absolute atomic E-state index is 14.3. The highest BCUT2D eigenvalue weighted by molar-refractivity contribution is 6.35. The summed E-state index contributed by atoms with van der Waals surface area (Å²) >= 11 is 6.74. The lowest BCUT2D eigenvalue weighted by atomic mass is 10.0. The Hall–Kier alpha value is -5.19. The van der Waals surface area contributed by atoms with E-state index < -0.39 is 0 Å². The molecule has 1 amide bonds. The highest BCUT2D eigenvalue weighted by Gasteiger charge is 2.19. The first-order valence-electron chi connectivity index (χ1n) is 14.1. The number of hydrogen-bond donors (Lipinski definition) is 2.